The van der Waals surface area contributed by atoms with Crippen molar-refractivity contribution in [2.45, 2.75) is 57.7 Å². The fraction of sp³-hybridized carbons (Fsp3) is 0.769. The Morgan fingerprint density at radius 1 is 1.53 bits per heavy atom. The minimum Gasteiger partial charge on any atom is -0.375 e. The van der Waals surface area contributed by atoms with Crippen LogP contribution in [0.5, 0.6) is 0 Å². The van der Waals surface area contributed by atoms with Crippen molar-refractivity contribution in [3.05, 3.63) is 18.2 Å². The average molecular weight is 237 g/mol. The molecule has 1 aliphatic heterocycles. The summed E-state index contributed by atoms with van der Waals surface area (Å²) in [5, 5.41) is 0. The molecule has 4 heteroatoms. The van der Waals surface area contributed by atoms with Gasteiger partial charge in [0.25, 0.3) is 0 Å². The first-order chi connectivity index (χ1) is 8.24. The van der Waals surface area contributed by atoms with Crippen molar-refractivity contribution < 1.29 is 4.74 Å². The van der Waals surface area contributed by atoms with E-state index in [0.29, 0.717) is 12.6 Å². The third-order valence-corrected chi connectivity index (χ3v) is 4.10. The van der Waals surface area contributed by atoms with Crippen molar-refractivity contribution in [3.63, 3.8) is 0 Å². The molecule has 2 rings (SSSR count). The molecular weight excluding hydrogens is 214 g/mol. The number of hydrogen-bond acceptors (Lipinski definition) is 3. The number of ether oxygens (including phenoxy) is 1. The second kappa shape index (κ2) is 5.19. The number of imidazole rings is 1. The number of nitrogens with two attached hydrogens (primary N) is 1. The molecule has 1 atom stereocenters. The van der Waals surface area contributed by atoms with Crippen LogP contribution in [-0.4, -0.2) is 21.8 Å². The van der Waals surface area contributed by atoms with Crippen molar-refractivity contribution in [3.8, 4) is 0 Å². The lowest BCUT2D eigenvalue weighted by atomic mass is 9.86. The summed E-state index contributed by atoms with van der Waals surface area (Å²) in [6.45, 7) is 5.82. The summed E-state index contributed by atoms with van der Waals surface area (Å²) >= 11 is 0. The Labute approximate surface area is 103 Å². The van der Waals surface area contributed by atoms with Gasteiger partial charge in [-0.15, -0.1) is 0 Å². The van der Waals surface area contributed by atoms with Gasteiger partial charge in [-0.05, 0) is 25.7 Å². The Morgan fingerprint density at radius 2 is 2.29 bits per heavy atom. The molecule has 0 radical (unpaired) electrons. The van der Waals surface area contributed by atoms with E-state index in [0.717, 1.165) is 38.0 Å². The van der Waals surface area contributed by atoms with Gasteiger partial charge in [-0.25, -0.2) is 4.98 Å². The minimum atomic E-state index is 0.0546. The molecule has 1 aromatic heterocycles. The smallest absolute Gasteiger partial charge is 0.0951 e. The lowest BCUT2D eigenvalue weighted by Crippen LogP contribution is -2.39. The molecule has 1 fully saturated rings. The maximum absolute atomic E-state index is 6.00. The van der Waals surface area contributed by atoms with E-state index in [4.69, 9.17) is 10.5 Å². The highest BCUT2D eigenvalue weighted by Crippen LogP contribution is 2.37. The highest BCUT2D eigenvalue weighted by atomic mass is 16.5. The molecular formula is C13H23N3O. The van der Waals surface area contributed by atoms with E-state index >= 15 is 0 Å². The summed E-state index contributed by atoms with van der Waals surface area (Å²) in [5.41, 5.74) is 6.92. The molecule has 1 unspecified atom stereocenters. The van der Waals surface area contributed by atoms with Crippen LogP contribution in [-0.2, 0) is 11.3 Å². The second-order valence-electron chi connectivity index (χ2n) is 4.88. The largest absolute Gasteiger partial charge is 0.375 e. The first-order valence-corrected chi connectivity index (χ1v) is 6.59. The van der Waals surface area contributed by atoms with Gasteiger partial charge in [0.1, 0.15) is 0 Å². The Hall–Kier alpha value is -0.870. The molecule has 96 valence electrons. The van der Waals surface area contributed by atoms with Crippen LogP contribution in [0.3, 0.4) is 0 Å². The van der Waals surface area contributed by atoms with Gasteiger partial charge in [0.2, 0.25) is 0 Å². The van der Waals surface area contributed by atoms with E-state index in [-0.39, 0.29) is 5.60 Å². The maximum atomic E-state index is 6.00. The summed E-state index contributed by atoms with van der Waals surface area (Å²) in [7, 11) is 0. The van der Waals surface area contributed by atoms with Crippen LogP contribution in [0, 0.1) is 0 Å². The summed E-state index contributed by atoms with van der Waals surface area (Å²) in [6.07, 6.45) is 8.07. The van der Waals surface area contributed by atoms with Gasteiger partial charge < -0.3 is 15.0 Å². The van der Waals surface area contributed by atoms with Crippen molar-refractivity contribution in [1.29, 1.82) is 0 Å². The number of hydrogen-bond donors (Lipinski definition) is 1. The maximum Gasteiger partial charge on any atom is 0.0951 e. The van der Waals surface area contributed by atoms with E-state index in [1.165, 1.54) is 0 Å². The fourth-order valence-electron chi connectivity index (χ4n) is 2.80. The zero-order valence-electron chi connectivity index (χ0n) is 10.9. The van der Waals surface area contributed by atoms with Crippen LogP contribution in [0.2, 0.25) is 0 Å². The molecule has 2 heterocycles. The topological polar surface area (TPSA) is 53.1 Å². The molecule has 4 nitrogen and oxygen atoms in total. The number of aromatic nitrogens is 2. The highest BCUT2D eigenvalue weighted by molar-refractivity contribution is 5.01. The van der Waals surface area contributed by atoms with Gasteiger partial charge in [-0.1, -0.05) is 13.8 Å². The monoisotopic (exact) mass is 237 g/mol. The zero-order chi connectivity index (χ0) is 12.3. The molecule has 0 saturated carbocycles. The van der Waals surface area contributed by atoms with Crippen molar-refractivity contribution >= 4 is 0 Å². The van der Waals surface area contributed by atoms with Crippen molar-refractivity contribution in [1.82, 2.24) is 9.55 Å². The van der Waals surface area contributed by atoms with Gasteiger partial charge in [-0.3, -0.25) is 0 Å². The number of rotatable bonds is 4. The summed E-state index contributed by atoms with van der Waals surface area (Å²) in [6, 6.07) is 0.490. The van der Waals surface area contributed by atoms with E-state index in [9.17, 15) is 0 Å². The molecule has 2 N–H and O–H groups in total. The van der Waals surface area contributed by atoms with E-state index in [1.54, 1.807) is 0 Å². The third kappa shape index (κ3) is 2.38. The summed E-state index contributed by atoms with van der Waals surface area (Å²) < 4.78 is 8.24. The molecule has 0 spiro atoms. The van der Waals surface area contributed by atoms with Crippen LogP contribution in [0.25, 0.3) is 0 Å². The second-order valence-corrected chi connectivity index (χ2v) is 4.88. The lowest BCUT2D eigenvalue weighted by Gasteiger charge is -2.40. The van der Waals surface area contributed by atoms with E-state index < -0.39 is 0 Å². The van der Waals surface area contributed by atoms with E-state index in [1.807, 2.05) is 12.5 Å². The Morgan fingerprint density at radius 3 is 2.94 bits per heavy atom. The van der Waals surface area contributed by atoms with E-state index in [2.05, 4.69) is 23.4 Å². The van der Waals surface area contributed by atoms with Crippen LogP contribution in [0.1, 0.15) is 51.3 Å². The van der Waals surface area contributed by atoms with Crippen LogP contribution in [0.15, 0.2) is 12.5 Å². The molecule has 0 amide bonds. The first kappa shape index (κ1) is 12.6. The van der Waals surface area contributed by atoms with Crippen molar-refractivity contribution in [2.75, 3.05) is 6.61 Å². The SMILES string of the molecule is CCC1(CC)CC(n2cncc2CN)CCO1. The zero-order valence-corrected chi connectivity index (χ0v) is 10.9. The molecule has 0 bridgehead atoms. The molecule has 1 saturated heterocycles. The van der Waals surface area contributed by atoms with Gasteiger partial charge in [0, 0.05) is 25.4 Å². The minimum absolute atomic E-state index is 0.0546. The van der Waals surface area contributed by atoms with Gasteiger partial charge in [0.05, 0.1) is 17.6 Å². The van der Waals surface area contributed by atoms with Gasteiger partial charge in [0.15, 0.2) is 0 Å². The predicted molar refractivity (Wildman–Crippen MR) is 67.7 cm³/mol. The van der Waals surface area contributed by atoms with Gasteiger partial charge >= 0.3 is 0 Å². The predicted octanol–water partition coefficient (Wildman–Crippen LogP) is 2.25. The third-order valence-electron chi connectivity index (χ3n) is 4.10. The normalized spacial score (nSPS) is 23.8. The molecule has 0 aromatic carbocycles. The first-order valence-electron chi connectivity index (χ1n) is 6.59. The Balaban J connectivity index is 2.17. The Kier molecular flexibility index (Phi) is 3.84. The van der Waals surface area contributed by atoms with Crippen LogP contribution >= 0.6 is 0 Å². The van der Waals surface area contributed by atoms with Crippen LogP contribution < -0.4 is 5.73 Å². The molecule has 17 heavy (non-hydrogen) atoms. The quantitative estimate of drug-likeness (QED) is 0.874. The molecule has 0 aliphatic carbocycles. The van der Waals surface area contributed by atoms with Gasteiger partial charge in [-0.2, -0.15) is 0 Å². The fourth-order valence-corrected chi connectivity index (χ4v) is 2.80. The average Bonchev–Trinajstić information content (AvgIpc) is 2.87. The number of nitrogens with zero attached hydrogens (tertiary/aromatic N) is 2. The summed E-state index contributed by atoms with van der Waals surface area (Å²) in [5.74, 6) is 0. The molecule has 1 aliphatic rings. The van der Waals surface area contributed by atoms with Crippen molar-refractivity contribution in [2.24, 2.45) is 5.73 Å². The Bertz CT molecular complexity index is 357. The van der Waals surface area contributed by atoms with Crippen LogP contribution in [0.4, 0.5) is 0 Å². The summed E-state index contributed by atoms with van der Waals surface area (Å²) in [4.78, 5) is 4.21. The lowest BCUT2D eigenvalue weighted by molar-refractivity contribution is -0.0989. The highest BCUT2D eigenvalue weighted by Gasteiger charge is 2.35. The molecule has 1 aromatic rings. The standard InChI is InChI=1S/C13H23N3O/c1-3-13(4-2)7-11(5-6-17-13)16-10-15-9-12(16)8-14/h9-11H,3-8,14H2,1-2H3.